The molecule has 0 unspecified atom stereocenters. The molecule has 23 heavy (non-hydrogen) atoms. The molecule has 2 aromatic rings. The Hall–Kier alpha value is -2.07. The quantitative estimate of drug-likeness (QED) is 0.919. The van der Waals surface area contributed by atoms with Gasteiger partial charge in [-0.2, -0.15) is 0 Å². The molecule has 1 aromatic carbocycles. The molecule has 1 N–H and O–H groups in total. The van der Waals surface area contributed by atoms with Crippen molar-refractivity contribution >= 4 is 5.91 Å². The lowest BCUT2D eigenvalue weighted by Crippen LogP contribution is -2.29. The van der Waals surface area contributed by atoms with Crippen LogP contribution in [-0.2, 0) is 13.1 Å². The van der Waals surface area contributed by atoms with E-state index in [0.717, 1.165) is 17.7 Å². The number of benzene rings is 1. The van der Waals surface area contributed by atoms with E-state index in [9.17, 15) is 4.79 Å². The number of carbonyl (C=O) groups is 1. The summed E-state index contributed by atoms with van der Waals surface area (Å²) in [6.45, 7) is 5.83. The van der Waals surface area contributed by atoms with Gasteiger partial charge in [0.05, 0.1) is 6.26 Å². The molecule has 1 saturated heterocycles. The average molecular weight is 312 g/mol. The smallest absolute Gasteiger partial charge is 0.287 e. The maximum absolute atomic E-state index is 12.0. The van der Waals surface area contributed by atoms with Gasteiger partial charge in [-0.3, -0.25) is 9.69 Å². The number of furan rings is 1. The summed E-state index contributed by atoms with van der Waals surface area (Å²) in [6.07, 6.45) is 5.54. The molecule has 1 aromatic heterocycles. The van der Waals surface area contributed by atoms with E-state index in [0.29, 0.717) is 12.3 Å². The first-order valence-corrected chi connectivity index (χ1v) is 8.35. The van der Waals surface area contributed by atoms with Crippen molar-refractivity contribution in [3.63, 3.8) is 0 Å². The van der Waals surface area contributed by atoms with Crippen LogP contribution in [0.3, 0.4) is 0 Å². The normalized spacial score (nSPS) is 15.5. The first-order chi connectivity index (χ1) is 11.2. The molecule has 0 bridgehead atoms. The molecule has 0 radical (unpaired) electrons. The van der Waals surface area contributed by atoms with Gasteiger partial charge in [-0.15, -0.1) is 0 Å². The molecular weight excluding hydrogens is 288 g/mol. The second kappa shape index (κ2) is 7.47. The molecule has 4 nitrogen and oxygen atoms in total. The third kappa shape index (κ3) is 4.23. The van der Waals surface area contributed by atoms with Crippen LogP contribution in [0.15, 0.2) is 41.0 Å². The summed E-state index contributed by atoms with van der Waals surface area (Å²) < 4.78 is 5.20. The molecule has 4 heteroatoms. The second-order valence-corrected chi connectivity index (χ2v) is 6.27. The van der Waals surface area contributed by atoms with Crippen LogP contribution in [0, 0.1) is 6.92 Å². The zero-order chi connectivity index (χ0) is 16.1. The SMILES string of the molecule is Cc1ccoc1C(=O)NCc1ccc(CN2CCCCC2)cc1. The first-order valence-electron chi connectivity index (χ1n) is 8.35. The van der Waals surface area contributed by atoms with Gasteiger partial charge in [0, 0.05) is 18.7 Å². The Labute approximate surface area is 137 Å². The number of carbonyl (C=O) groups excluding carboxylic acids is 1. The Morgan fingerprint density at radius 2 is 1.78 bits per heavy atom. The number of aryl methyl sites for hydroxylation is 1. The minimum Gasteiger partial charge on any atom is -0.459 e. The molecule has 0 atom stereocenters. The fourth-order valence-electron chi connectivity index (χ4n) is 3.01. The van der Waals surface area contributed by atoms with Crippen LogP contribution < -0.4 is 5.32 Å². The number of likely N-dealkylation sites (tertiary alicyclic amines) is 1. The lowest BCUT2D eigenvalue weighted by Gasteiger charge is -2.26. The van der Waals surface area contributed by atoms with Crippen molar-refractivity contribution in [2.24, 2.45) is 0 Å². The molecule has 1 aliphatic rings. The number of hydrogen-bond donors (Lipinski definition) is 1. The van der Waals surface area contributed by atoms with Crippen molar-refractivity contribution in [1.82, 2.24) is 10.2 Å². The molecule has 1 aliphatic heterocycles. The summed E-state index contributed by atoms with van der Waals surface area (Å²) in [5.74, 6) is 0.233. The Bertz CT molecular complexity index is 640. The Morgan fingerprint density at radius 3 is 2.43 bits per heavy atom. The maximum Gasteiger partial charge on any atom is 0.287 e. The van der Waals surface area contributed by atoms with Crippen LogP contribution in [0.4, 0.5) is 0 Å². The molecule has 2 heterocycles. The van der Waals surface area contributed by atoms with E-state index in [4.69, 9.17) is 4.42 Å². The van der Waals surface area contributed by atoms with Crippen LogP contribution >= 0.6 is 0 Å². The molecule has 3 rings (SSSR count). The van der Waals surface area contributed by atoms with E-state index >= 15 is 0 Å². The lowest BCUT2D eigenvalue weighted by atomic mass is 10.1. The highest BCUT2D eigenvalue weighted by molar-refractivity contribution is 5.92. The van der Waals surface area contributed by atoms with Crippen molar-refractivity contribution < 1.29 is 9.21 Å². The largest absolute Gasteiger partial charge is 0.459 e. The van der Waals surface area contributed by atoms with Gasteiger partial charge in [0.2, 0.25) is 0 Å². The molecule has 0 aliphatic carbocycles. The zero-order valence-corrected chi connectivity index (χ0v) is 13.7. The minimum absolute atomic E-state index is 0.162. The summed E-state index contributed by atoms with van der Waals surface area (Å²) in [6, 6.07) is 10.3. The predicted molar refractivity (Wildman–Crippen MR) is 90.2 cm³/mol. The van der Waals surface area contributed by atoms with Gasteiger partial charge in [-0.1, -0.05) is 30.7 Å². The Kier molecular flexibility index (Phi) is 5.13. The fourth-order valence-corrected chi connectivity index (χ4v) is 3.01. The summed E-state index contributed by atoms with van der Waals surface area (Å²) in [5, 5.41) is 2.90. The highest BCUT2D eigenvalue weighted by Crippen LogP contribution is 2.14. The van der Waals surface area contributed by atoms with Gasteiger partial charge in [0.25, 0.3) is 5.91 Å². The van der Waals surface area contributed by atoms with Crippen molar-refractivity contribution in [2.75, 3.05) is 13.1 Å². The van der Waals surface area contributed by atoms with E-state index in [1.807, 2.05) is 6.92 Å². The van der Waals surface area contributed by atoms with Gasteiger partial charge in [-0.05, 0) is 50.0 Å². The monoisotopic (exact) mass is 312 g/mol. The van der Waals surface area contributed by atoms with E-state index in [-0.39, 0.29) is 5.91 Å². The summed E-state index contributed by atoms with van der Waals surface area (Å²) in [4.78, 5) is 14.5. The Morgan fingerprint density at radius 1 is 1.09 bits per heavy atom. The first kappa shape index (κ1) is 15.8. The van der Waals surface area contributed by atoms with Crippen molar-refractivity contribution in [3.05, 3.63) is 59.0 Å². The lowest BCUT2D eigenvalue weighted by molar-refractivity contribution is 0.0922. The van der Waals surface area contributed by atoms with Crippen LogP contribution in [0.2, 0.25) is 0 Å². The van der Waals surface area contributed by atoms with Crippen LogP contribution in [0.5, 0.6) is 0 Å². The van der Waals surface area contributed by atoms with Crippen molar-refractivity contribution in [1.29, 1.82) is 0 Å². The summed E-state index contributed by atoms with van der Waals surface area (Å²) >= 11 is 0. The number of nitrogens with zero attached hydrogens (tertiary/aromatic N) is 1. The second-order valence-electron chi connectivity index (χ2n) is 6.27. The van der Waals surface area contributed by atoms with Crippen molar-refractivity contribution in [2.45, 2.75) is 39.3 Å². The highest BCUT2D eigenvalue weighted by Gasteiger charge is 2.12. The molecule has 1 fully saturated rings. The minimum atomic E-state index is -0.162. The Balaban J connectivity index is 1.51. The predicted octanol–water partition coefficient (Wildman–Crippen LogP) is 3.50. The molecule has 0 saturated carbocycles. The number of amides is 1. The van der Waals surface area contributed by atoms with Crippen LogP contribution in [0.25, 0.3) is 0 Å². The topological polar surface area (TPSA) is 45.5 Å². The van der Waals surface area contributed by atoms with E-state index in [1.165, 1.54) is 37.9 Å². The van der Waals surface area contributed by atoms with Gasteiger partial charge in [0.1, 0.15) is 0 Å². The highest BCUT2D eigenvalue weighted by atomic mass is 16.3. The summed E-state index contributed by atoms with van der Waals surface area (Å²) in [5.41, 5.74) is 3.30. The third-order valence-electron chi connectivity index (χ3n) is 4.40. The molecule has 1 amide bonds. The van der Waals surface area contributed by atoms with E-state index in [1.54, 1.807) is 12.3 Å². The average Bonchev–Trinajstić information content (AvgIpc) is 3.01. The van der Waals surface area contributed by atoms with Gasteiger partial charge in [-0.25, -0.2) is 0 Å². The van der Waals surface area contributed by atoms with Gasteiger partial charge in [0.15, 0.2) is 5.76 Å². The number of hydrogen-bond acceptors (Lipinski definition) is 3. The fraction of sp³-hybridized carbons (Fsp3) is 0.421. The van der Waals surface area contributed by atoms with Gasteiger partial charge >= 0.3 is 0 Å². The molecule has 122 valence electrons. The number of piperidine rings is 1. The number of rotatable bonds is 5. The van der Waals surface area contributed by atoms with Crippen LogP contribution in [0.1, 0.15) is 46.5 Å². The summed E-state index contributed by atoms with van der Waals surface area (Å²) in [7, 11) is 0. The van der Waals surface area contributed by atoms with Gasteiger partial charge < -0.3 is 9.73 Å². The standard InChI is InChI=1S/C19H24N2O2/c1-15-9-12-23-18(15)19(22)20-13-16-5-7-17(8-6-16)14-21-10-3-2-4-11-21/h5-9,12H,2-4,10-11,13-14H2,1H3,(H,20,22). The molecule has 0 spiro atoms. The van der Waals surface area contributed by atoms with E-state index in [2.05, 4.69) is 34.5 Å². The van der Waals surface area contributed by atoms with E-state index < -0.39 is 0 Å². The third-order valence-corrected chi connectivity index (χ3v) is 4.40. The number of nitrogens with one attached hydrogen (secondary N) is 1. The maximum atomic E-state index is 12.0. The van der Waals surface area contributed by atoms with Crippen LogP contribution in [-0.4, -0.2) is 23.9 Å². The molecular formula is C19H24N2O2. The van der Waals surface area contributed by atoms with Crippen molar-refractivity contribution in [3.8, 4) is 0 Å². The zero-order valence-electron chi connectivity index (χ0n) is 13.7.